The molecule has 0 aliphatic rings. The maximum absolute atomic E-state index is 11.0. The third-order valence-electron chi connectivity index (χ3n) is 1.74. The first-order valence-electron chi connectivity index (χ1n) is 4.59. The van der Waals surface area contributed by atoms with E-state index >= 15 is 0 Å². The first-order chi connectivity index (χ1) is 6.12. The number of halogens is 1. The van der Waals surface area contributed by atoms with E-state index in [1.54, 1.807) is 6.92 Å². The van der Waals surface area contributed by atoms with E-state index in [1.165, 1.54) is 0 Å². The topological polar surface area (TPSA) is 46.2 Å². The molecule has 13 heavy (non-hydrogen) atoms. The third kappa shape index (κ3) is 8.53. The fourth-order valence-electron chi connectivity index (χ4n) is 0.878. The van der Waals surface area contributed by atoms with Crippen LogP contribution in [-0.2, 0) is 9.84 Å². The zero-order valence-electron chi connectivity index (χ0n) is 8.05. The van der Waals surface area contributed by atoms with Crippen LogP contribution < -0.4 is 5.32 Å². The highest BCUT2D eigenvalue weighted by atomic mass is 35.5. The van der Waals surface area contributed by atoms with Crippen molar-refractivity contribution in [1.82, 2.24) is 5.32 Å². The molecule has 0 rings (SSSR count). The second-order valence-corrected chi connectivity index (χ2v) is 5.73. The van der Waals surface area contributed by atoms with Crippen molar-refractivity contribution in [2.45, 2.75) is 19.8 Å². The van der Waals surface area contributed by atoms with Crippen LogP contribution in [0.15, 0.2) is 0 Å². The average molecular weight is 228 g/mol. The molecule has 5 heteroatoms. The summed E-state index contributed by atoms with van der Waals surface area (Å²) >= 11 is 5.47. The molecule has 0 aromatic carbocycles. The van der Waals surface area contributed by atoms with Gasteiger partial charge in [-0.2, -0.15) is 0 Å². The Hall–Kier alpha value is 0.200. The monoisotopic (exact) mass is 227 g/mol. The summed E-state index contributed by atoms with van der Waals surface area (Å²) < 4.78 is 22.1. The quantitative estimate of drug-likeness (QED) is 0.498. The lowest BCUT2D eigenvalue weighted by Gasteiger charge is -2.03. The molecule has 0 atom stereocenters. The molecular formula is C8H18ClNO2S. The molecule has 0 saturated heterocycles. The van der Waals surface area contributed by atoms with Crippen LogP contribution in [0.5, 0.6) is 0 Å². The molecule has 0 spiro atoms. The predicted molar refractivity (Wildman–Crippen MR) is 57.2 cm³/mol. The number of sulfone groups is 1. The Labute approximate surface area is 85.8 Å². The molecule has 0 unspecified atom stereocenters. The summed E-state index contributed by atoms with van der Waals surface area (Å²) in [5, 5.41) is 3.13. The van der Waals surface area contributed by atoms with Crippen molar-refractivity contribution in [3.63, 3.8) is 0 Å². The van der Waals surface area contributed by atoms with Crippen LogP contribution in [0, 0.1) is 0 Å². The van der Waals surface area contributed by atoms with Gasteiger partial charge in [-0.15, -0.1) is 11.6 Å². The molecule has 0 bridgehead atoms. The van der Waals surface area contributed by atoms with E-state index < -0.39 is 9.84 Å². The van der Waals surface area contributed by atoms with Crippen LogP contribution in [0.1, 0.15) is 19.8 Å². The standard InChI is InChI=1S/C8H18ClNO2S/c1-2-13(11,12)8-4-7-10-6-3-5-9/h10H,2-8H2,1H3. The molecule has 0 fully saturated rings. The van der Waals surface area contributed by atoms with Crippen LogP contribution in [0.4, 0.5) is 0 Å². The van der Waals surface area contributed by atoms with Gasteiger partial charge in [0, 0.05) is 11.6 Å². The molecule has 0 aliphatic carbocycles. The summed E-state index contributed by atoms with van der Waals surface area (Å²) in [5.41, 5.74) is 0. The van der Waals surface area contributed by atoms with Crippen LogP contribution in [-0.4, -0.2) is 38.9 Å². The third-order valence-corrected chi connectivity index (χ3v) is 3.79. The van der Waals surface area contributed by atoms with Gasteiger partial charge in [-0.1, -0.05) is 6.92 Å². The average Bonchev–Trinajstić information content (AvgIpc) is 2.11. The minimum atomic E-state index is -2.78. The lowest BCUT2D eigenvalue weighted by atomic mass is 10.4. The summed E-state index contributed by atoms with van der Waals surface area (Å²) in [6, 6.07) is 0. The summed E-state index contributed by atoms with van der Waals surface area (Å²) in [4.78, 5) is 0. The lowest BCUT2D eigenvalue weighted by molar-refractivity contribution is 0.589. The van der Waals surface area contributed by atoms with Gasteiger partial charge in [0.05, 0.1) is 5.75 Å². The minimum absolute atomic E-state index is 0.245. The van der Waals surface area contributed by atoms with Crippen molar-refractivity contribution < 1.29 is 8.42 Å². The van der Waals surface area contributed by atoms with Crippen LogP contribution in [0.3, 0.4) is 0 Å². The molecule has 0 amide bonds. The zero-order valence-corrected chi connectivity index (χ0v) is 9.62. The number of nitrogens with one attached hydrogen (secondary N) is 1. The summed E-state index contributed by atoms with van der Waals surface area (Å²) in [7, 11) is -2.78. The van der Waals surface area contributed by atoms with E-state index in [2.05, 4.69) is 5.32 Å². The summed E-state index contributed by atoms with van der Waals surface area (Å²) in [6.07, 6.45) is 1.63. The van der Waals surface area contributed by atoms with Gasteiger partial charge < -0.3 is 5.32 Å². The first kappa shape index (κ1) is 13.2. The van der Waals surface area contributed by atoms with Crippen molar-refractivity contribution in [2.75, 3.05) is 30.5 Å². The maximum atomic E-state index is 11.0. The first-order valence-corrected chi connectivity index (χ1v) is 6.95. The van der Waals surface area contributed by atoms with E-state index in [-0.39, 0.29) is 11.5 Å². The molecule has 1 N–H and O–H groups in total. The highest BCUT2D eigenvalue weighted by Gasteiger charge is 2.05. The second kappa shape index (κ2) is 7.59. The van der Waals surface area contributed by atoms with Gasteiger partial charge in [0.15, 0.2) is 0 Å². The summed E-state index contributed by atoms with van der Waals surface area (Å²) in [5.74, 6) is 1.19. The van der Waals surface area contributed by atoms with Crippen LogP contribution in [0.25, 0.3) is 0 Å². The number of alkyl halides is 1. The molecule has 0 aliphatic heterocycles. The van der Waals surface area contributed by atoms with Gasteiger partial charge in [-0.05, 0) is 25.9 Å². The highest BCUT2D eigenvalue weighted by molar-refractivity contribution is 7.91. The normalized spacial score (nSPS) is 11.8. The van der Waals surface area contributed by atoms with Crippen molar-refractivity contribution >= 4 is 21.4 Å². The Morgan fingerprint density at radius 1 is 1.23 bits per heavy atom. The number of hydrogen-bond donors (Lipinski definition) is 1. The number of hydrogen-bond acceptors (Lipinski definition) is 3. The van der Waals surface area contributed by atoms with E-state index in [4.69, 9.17) is 11.6 Å². The molecule has 80 valence electrons. The largest absolute Gasteiger partial charge is 0.317 e. The maximum Gasteiger partial charge on any atom is 0.150 e. The predicted octanol–water partition coefficient (Wildman–Crippen LogP) is 1.03. The van der Waals surface area contributed by atoms with E-state index in [1.807, 2.05) is 0 Å². The van der Waals surface area contributed by atoms with Crippen molar-refractivity contribution in [1.29, 1.82) is 0 Å². The smallest absolute Gasteiger partial charge is 0.150 e. The fourth-order valence-corrected chi connectivity index (χ4v) is 1.88. The molecule has 0 saturated carbocycles. The van der Waals surface area contributed by atoms with E-state index in [9.17, 15) is 8.42 Å². The van der Waals surface area contributed by atoms with Crippen LogP contribution in [0.2, 0.25) is 0 Å². The van der Waals surface area contributed by atoms with Gasteiger partial charge in [-0.3, -0.25) is 0 Å². The van der Waals surface area contributed by atoms with Gasteiger partial charge in [0.2, 0.25) is 0 Å². The van der Waals surface area contributed by atoms with Gasteiger partial charge in [-0.25, -0.2) is 8.42 Å². The Balaban J connectivity index is 3.26. The van der Waals surface area contributed by atoms with E-state index in [0.717, 1.165) is 19.5 Å². The van der Waals surface area contributed by atoms with Crippen molar-refractivity contribution in [2.24, 2.45) is 0 Å². The van der Waals surface area contributed by atoms with Gasteiger partial charge >= 0.3 is 0 Å². The molecule has 3 nitrogen and oxygen atoms in total. The second-order valence-electron chi connectivity index (χ2n) is 2.88. The molecule has 0 heterocycles. The van der Waals surface area contributed by atoms with Gasteiger partial charge in [0.25, 0.3) is 0 Å². The molecular weight excluding hydrogens is 210 g/mol. The zero-order chi connectivity index (χ0) is 10.2. The fraction of sp³-hybridized carbons (Fsp3) is 1.00. The summed E-state index contributed by atoms with van der Waals surface area (Å²) in [6.45, 7) is 3.31. The molecule has 0 aromatic heterocycles. The SMILES string of the molecule is CCS(=O)(=O)CCCNCCCCl. The van der Waals surface area contributed by atoms with Gasteiger partial charge in [0.1, 0.15) is 9.84 Å². The van der Waals surface area contributed by atoms with Crippen LogP contribution >= 0.6 is 11.6 Å². The Morgan fingerprint density at radius 2 is 1.85 bits per heavy atom. The highest BCUT2D eigenvalue weighted by Crippen LogP contribution is 1.92. The van der Waals surface area contributed by atoms with Crippen molar-refractivity contribution in [3.8, 4) is 0 Å². The lowest BCUT2D eigenvalue weighted by Crippen LogP contribution is -2.20. The Bertz CT molecular complexity index is 204. The number of rotatable bonds is 8. The molecule has 0 aromatic rings. The van der Waals surface area contributed by atoms with E-state index in [0.29, 0.717) is 12.3 Å². The van der Waals surface area contributed by atoms with Crippen molar-refractivity contribution in [3.05, 3.63) is 0 Å². The Kier molecular flexibility index (Phi) is 7.71. The Morgan fingerprint density at radius 3 is 2.38 bits per heavy atom. The molecule has 0 radical (unpaired) electrons. The minimum Gasteiger partial charge on any atom is -0.317 e.